The number of benzene rings is 1. The number of aliphatic hydroxyl groups excluding tert-OH is 1. The number of aliphatic hydroxyl groups is 1. The van der Waals surface area contributed by atoms with E-state index in [1.807, 2.05) is 25.1 Å². The van der Waals surface area contributed by atoms with Gasteiger partial charge in [0.1, 0.15) is 0 Å². The van der Waals surface area contributed by atoms with Crippen LogP contribution in [-0.2, 0) is 0 Å². The highest BCUT2D eigenvalue weighted by atomic mass is 35.5. The molecule has 1 aromatic rings. The first kappa shape index (κ1) is 11.5. The fraction of sp³-hybridized carbons (Fsp3) is 0.500. The van der Waals surface area contributed by atoms with Crippen molar-refractivity contribution in [3.8, 4) is 0 Å². The SMILES string of the molecule is CCC(C)C(O)c1ccc(Cl)c(C)c1. The van der Waals surface area contributed by atoms with Gasteiger partial charge in [0.2, 0.25) is 0 Å². The molecule has 0 saturated heterocycles. The minimum Gasteiger partial charge on any atom is -0.388 e. The number of hydrogen-bond acceptors (Lipinski definition) is 1. The summed E-state index contributed by atoms with van der Waals surface area (Å²) in [4.78, 5) is 0. The standard InChI is InChI=1S/C12H17ClO/c1-4-8(2)12(14)10-5-6-11(13)9(3)7-10/h5-8,12,14H,4H2,1-3H3. The first-order valence-corrected chi connectivity index (χ1v) is 5.38. The number of hydrogen-bond donors (Lipinski definition) is 1. The largest absolute Gasteiger partial charge is 0.388 e. The lowest BCUT2D eigenvalue weighted by Crippen LogP contribution is -2.08. The molecular formula is C12H17ClO. The predicted molar refractivity (Wildman–Crippen MR) is 60.6 cm³/mol. The maximum Gasteiger partial charge on any atom is 0.0815 e. The highest BCUT2D eigenvalue weighted by Gasteiger charge is 2.14. The van der Waals surface area contributed by atoms with E-state index in [0.29, 0.717) is 0 Å². The lowest BCUT2D eigenvalue weighted by molar-refractivity contribution is 0.115. The third-order valence-electron chi connectivity index (χ3n) is 2.71. The third kappa shape index (κ3) is 2.49. The highest BCUT2D eigenvalue weighted by molar-refractivity contribution is 6.31. The predicted octanol–water partition coefficient (Wildman–Crippen LogP) is 3.73. The van der Waals surface area contributed by atoms with Crippen LogP contribution in [0, 0.1) is 12.8 Å². The Hall–Kier alpha value is -0.530. The van der Waals surface area contributed by atoms with Crippen molar-refractivity contribution in [2.24, 2.45) is 5.92 Å². The first-order chi connectivity index (χ1) is 6.56. The maximum atomic E-state index is 9.96. The number of halogens is 1. The summed E-state index contributed by atoms with van der Waals surface area (Å²) in [6.45, 7) is 6.08. The Kier molecular flexibility index (Phi) is 3.97. The zero-order chi connectivity index (χ0) is 10.7. The van der Waals surface area contributed by atoms with Crippen molar-refractivity contribution < 1.29 is 5.11 Å². The molecule has 2 heteroatoms. The van der Waals surface area contributed by atoms with E-state index in [-0.39, 0.29) is 12.0 Å². The van der Waals surface area contributed by atoms with Gasteiger partial charge in [-0.05, 0) is 30.0 Å². The monoisotopic (exact) mass is 212 g/mol. The molecule has 0 saturated carbocycles. The van der Waals surface area contributed by atoms with Crippen molar-refractivity contribution in [2.75, 3.05) is 0 Å². The molecule has 2 atom stereocenters. The Morgan fingerprint density at radius 1 is 1.43 bits per heavy atom. The van der Waals surface area contributed by atoms with E-state index >= 15 is 0 Å². The Morgan fingerprint density at radius 3 is 2.57 bits per heavy atom. The molecule has 0 bridgehead atoms. The molecule has 0 fully saturated rings. The van der Waals surface area contributed by atoms with Gasteiger partial charge in [-0.25, -0.2) is 0 Å². The van der Waals surface area contributed by atoms with Crippen LogP contribution in [-0.4, -0.2) is 5.11 Å². The fourth-order valence-corrected chi connectivity index (χ4v) is 1.52. The van der Waals surface area contributed by atoms with Crippen molar-refractivity contribution in [1.82, 2.24) is 0 Å². The zero-order valence-electron chi connectivity index (χ0n) is 8.92. The van der Waals surface area contributed by atoms with Crippen LogP contribution in [0.2, 0.25) is 5.02 Å². The maximum absolute atomic E-state index is 9.96. The van der Waals surface area contributed by atoms with E-state index in [0.717, 1.165) is 22.6 Å². The van der Waals surface area contributed by atoms with Crippen LogP contribution in [0.25, 0.3) is 0 Å². The first-order valence-electron chi connectivity index (χ1n) is 5.00. The summed E-state index contributed by atoms with van der Waals surface area (Å²) in [5, 5.41) is 10.7. The topological polar surface area (TPSA) is 20.2 Å². The summed E-state index contributed by atoms with van der Waals surface area (Å²) < 4.78 is 0. The summed E-state index contributed by atoms with van der Waals surface area (Å²) in [6.07, 6.45) is 0.596. The fourth-order valence-electron chi connectivity index (χ4n) is 1.40. The molecule has 0 aliphatic heterocycles. The van der Waals surface area contributed by atoms with E-state index in [1.54, 1.807) is 0 Å². The van der Waals surface area contributed by atoms with E-state index in [1.165, 1.54) is 0 Å². The van der Waals surface area contributed by atoms with E-state index < -0.39 is 0 Å². The van der Waals surface area contributed by atoms with Crippen molar-refractivity contribution in [3.05, 3.63) is 34.3 Å². The van der Waals surface area contributed by atoms with Gasteiger partial charge < -0.3 is 5.11 Å². The minimum atomic E-state index is -0.379. The molecule has 0 spiro atoms. The molecule has 0 amide bonds. The van der Waals surface area contributed by atoms with Gasteiger partial charge in [0.05, 0.1) is 6.10 Å². The average molecular weight is 213 g/mol. The van der Waals surface area contributed by atoms with Crippen molar-refractivity contribution in [1.29, 1.82) is 0 Å². The minimum absolute atomic E-state index is 0.288. The molecule has 1 nitrogen and oxygen atoms in total. The average Bonchev–Trinajstić information content (AvgIpc) is 2.20. The molecule has 78 valence electrons. The van der Waals surface area contributed by atoms with Gasteiger partial charge in [-0.1, -0.05) is 44.0 Å². The lowest BCUT2D eigenvalue weighted by Gasteiger charge is -2.18. The highest BCUT2D eigenvalue weighted by Crippen LogP contribution is 2.26. The molecular weight excluding hydrogens is 196 g/mol. The second-order valence-corrected chi connectivity index (χ2v) is 4.25. The molecule has 0 aromatic heterocycles. The van der Waals surface area contributed by atoms with Crippen LogP contribution < -0.4 is 0 Å². The van der Waals surface area contributed by atoms with Crippen molar-refractivity contribution in [3.63, 3.8) is 0 Å². The molecule has 14 heavy (non-hydrogen) atoms. The number of rotatable bonds is 3. The Labute approximate surface area is 90.7 Å². The molecule has 0 radical (unpaired) electrons. The Balaban J connectivity index is 2.91. The molecule has 0 heterocycles. The number of aryl methyl sites for hydroxylation is 1. The molecule has 2 unspecified atom stereocenters. The summed E-state index contributed by atoms with van der Waals surface area (Å²) >= 11 is 5.92. The van der Waals surface area contributed by atoms with Gasteiger partial charge in [-0.2, -0.15) is 0 Å². The molecule has 0 aliphatic rings. The van der Waals surface area contributed by atoms with E-state index in [9.17, 15) is 5.11 Å². The lowest BCUT2D eigenvalue weighted by atomic mass is 9.94. The summed E-state index contributed by atoms with van der Waals surface area (Å²) in [7, 11) is 0. The third-order valence-corrected chi connectivity index (χ3v) is 3.13. The van der Waals surface area contributed by atoms with E-state index in [4.69, 9.17) is 11.6 Å². The quantitative estimate of drug-likeness (QED) is 0.810. The molecule has 0 aliphatic carbocycles. The van der Waals surface area contributed by atoms with Crippen LogP contribution in [0.5, 0.6) is 0 Å². The molecule has 1 N–H and O–H groups in total. The van der Waals surface area contributed by atoms with Gasteiger partial charge in [-0.3, -0.25) is 0 Å². The van der Waals surface area contributed by atoms with Gasteiger partial charge in [0, 0.05) is 5.02 Å². The Bertz CT molecular complexity index is 309. The zero-order valence-corrected chi connectivity index (χ0v) is 9.67. The van der Waals surface area contributed by atoms with Crippen LogP contribution >= 0.6 is 11.6 Å². The summed E-state index contributed by atoms with van der Waals surface area (Å²) in [5.41, 5.74) is 1.98. The van der Waals surface area contributed by atoms with Crippen LogP contribution in [0.3, 0.4) is 0 Å². The van der Waals surface area contributed by atoms with Crippen LogP contribution in [0.4, 0.5) is 0 Å². The van der Waals surface area contributed by atoms with E-state index in [2.05, 4.69) is 13.8 Å². The molecule has 1 rings (SSSR count). The second kappa shape index (κ2) is 4.81. The summed E-state index contributed by atoms with van der Waals surface area (Å²) in [6, 6.07) is 5.70. The smallest absolute Gasteiger partial charge is 0.0815 e. The molecule has 1 aromatic carbocycles. The normalized spacial score (nSPS) is 15.2. The van der Waals surface area contributed by atoms with Gasteiger partial charge in [0.15, 0.2) is 0 Å². The van der Waals surface area contributed by atoms with Crippen LogP contribution in [0.1, 0.15) is 37.5 Å². The van der Waals surface area contributed by atoms with Crippen LogP contribution in [0.15, 0.2) is 18.2 Å². The van der Waals surface area contributed by atoms with Gasteiger partial charge >= 0.3 is 0 Å². The van der Waals surface area contributed by atoms with Gasteiger partial charge in [0.25, 0.3) is 0 Å². The van der Waals surface area contributed by atoms with Crippen molar-refractivity contribution in [2.45, 2.75) is 33.3 Å². The van der Waals surface area contributed by atoms with Gasteiger partial charge in [-0.15, -0.1) is 0 Å². The Morgan fingerprint density at radius 2 is 2.07 bits per heavy atom. The van der Waals surface area contributed by atoms with Crippen molar-refractivity contribution >= 4 is 11.6 Å². The second-order valence-electron chi connectivity index (χ2n) is 3.84. The summed E-state index contributed by atoms with van der Waals surface area (Å²) in [5.74, 6) is 0.288.